The Morgan fingerprint density at radius 2 is 0.750 bits per heavy atom. The van der Waals surface area contributed by atoms with E-state index < -0.39 is 35.5 Å². The predicted octanol–water partition coefficient (Wildman–Crippen LogP) is 4.95. The van der Waals surface area contributed by atoms with E-state index in [2.05, 4.69) is 13.8 Å². The zero-order valence-electron chi connectivity index (χ0n) is 17.7. The van der Waals surface area contributed by atoms with E-state index in [9.17, 15) is 20.4 Å². The fraction of sp³-hybridized carbons (Fsp3) is 1.00. The van der Waals surface area contributed by atoms with E-state index in [1.165, 1.54) is 38.5 Å². The smallest absolute Gasteiger partial charge is 0.115 e. The molecule has 0 aromatic rings. The lowest BCUT2D eigenvalue weighted by atomic mass is 10.1. The monoisotopic (exact) mass is 472 g/mol. The summed E-state index contributed by atoms with van der Waals surface area (Å²) in [5.41, 5.74) is 0. The Balaban J connectivity index is 2.64. The minimum absolute atomic E-state index is 0.525. The van der Waals surface area contributed by atoms with Crippen LogP contribution in [0.4, 0.5) is 0 Å². The highest BCUT2D eigenvalue weighted by Gasteiger charge is 2.55. The molecular formula is C20H42O4P2S2. The maximum atomic E-state index is 10.8. The highest BCUT2D eigenvalue weighted by Crippen LogP contribution is 2.72. The van der Waals surface area contributed by atoms with Gasteiger partial charge in [-0.25, -0.2) is 0 Å². The number of aliphatic hydroxyl groups excluding tert-OH is 4. The van der Waals surface area contributed by atoms with Gasteiger partial charge in [0.05, 0.1) is 0 Å². The molecule has 1 heterocycles. The van der Waals surface area contributed by atoms with E-state index in [-0.39, 0.29) is 0 Å². The van der Waals surface area contributed by atoms with E-state index in [1.54, 1.807) is 0 Å². The van der Waals surface area contributed by atoms with Crippen molar-refractivity contribution < 1.29 is 20.4 Å². The molecule has 0 radical (unpaired) electrons. The van der Waals surface area contributed by atoms with Gasteiger partial charge in [0.2, 0.25) is 0 Å². The minimum Gasteiger partial charge on any atom is -0.385 e. The van der Waals surface area contributed by atoms with Crippen LogP contribution >= 0.6 is 12.1 Å². The Morgan fingerprint density at radius 3 is 1.04 bits per heavy atom. The zero-order valence-corrected chi connectivity index (χ0v) is 21.1. The molecule has 0 spiro atoms. The predicted molar refractivity (Wildman–Crippen MR) is 129 cm³/mol. The lowest BCUT2D eigenvalue weighted by molar-refractivity contribution is 0.0768. The van der Waals surface area contributed by atoms with E-state index in [0.717, 1.165) is 38.5 Å². The number of hydrogen-bond donors (Lipinski definition) is 4. The van der Waals surface area contributed by atoms with Crippen LogP contribution in [0.3, 0.4) is 0 Å². The van der Waals surface area contributed by atoms with E-state index >= 15 is 0 Å². The summed E-state index contributed by atoms with van der Waals surface area (Å²) in [5.74, 6) is -4.55. The maximum absolute atomic E-state index is 10.8. The topological polar surface area (TPSA) is 80.9 Å². The minimum atomic E-state index is -2.69. The van der Waals surface area contributed by atoms with Gasteiger partial charge in [-0.05, 0) is 25.2 Å². The summed E-state index contributed by atoms with van der Waals surface area (Å²) in [5, 5.41) is 43.3. The van der Waals surface area contributed by atoms with Gasteiger partial charge in [0.1, 0.15) is 23.4 Å². The summed E-state index contributed by atoms with van der Waals surface area (Å²) in [6.45, 7) is 4.35. The van der Waals surface area contributed by atoms with Crippen LogP contribution in [-0.4, -0.2) is 56.1 Å². The van der Waals surface area contributed by atoms with Gasteiger partial charge in [0.15, 0.2) is 0 Å². The average molecular weight is 473 g/mol. The van der Waals surface area contributed by atoms with Gasteiger partial charge < -0.3 is 20.4 Å². The largest absolute Gasteiger partial charge is 0.385 e. The van der Waals surface area contributed by atoms with Gasteiger partial charge in [-0.1, -0.05) is 102 Å². The molecule has 1 fully saturated rings. The van der Waals surface area contributed by atoms with Gasteiger partial charge in [0, 0.05) is 12.1 Å². The maximum Gasteiger partial charge on any atom is 0.115 e. The van der Waals surface area contributed by atoms with Gasteiger partial charge in [0.25, 0.3) is 0 Å². The quantitative estimate of drug-likeness (QED) is 0.212. The van der Waals surface area contributed by atoms with Crippen LogP contribution in [-0.2, 0) is 23.6 Å². The molecule has 0 aromatic heterocycles. The van der Waals surface area contributed by atoms with Crippen molar-refractivity contribution in [1.82, 2.24) is 0 Å². The second kappa shape index (κ2) is 13.5. The summed E-state index contributed by atoms with van der Waals surface area (Å²) in [4.78, 5) is 0. The van der Waals surface area contributed by atoms with Crippen LogP contribution in [0.2, 0.25) is 0 Å². The summed E-state index contributed by atoms with van der Waals surface area (Å²) >= 11 is 11.4. The molecule has 0 bridgehead atoms. The Labute approximate surface area is 182 Å². The summed E-state index contributed by atoms with van der Waals surface area (Å²) in [6.07, 6.45) is 14.2. The normalized spacial score (nSPS) is 35.9. The van der Waals surface area contributed by atoms with E-state index in [4.69, 9.17) is 23.6 Å². The Morgan fingerprint density at radius 1 is 0.500 bits per heavy atom. The molecule has 8 heteroatoms. The first-order chi connectivity index (χ1) is 13.3. The molecule has 0 aliphatic carbocycles. The van der Waals surface area contributed by atoms with Crippen molar-refractivity contribution in [3.63, 3.8) is 0 Å². The number of rotatable bonds is 14. The lowest BCUT2D eigenvalue weighted by Gasteiger charge is -2.48. The van der Waals surface area contributed by atoms with Crippen LogP contribution in [0.25, 0.3) is 0 Å². The molecule has 1 rings (SSSR count). The number of hydrogen-bond acceptors (Lipinski definition) is 6. The first-order valence-corrected chi connectivity index (χ1v) is 17.4. The van der Waals surface area contributed by atoms with Crippen LogP contribution in [0.5, 0.6) is 0 Å². The first-order valence-electron chi connectivity index (χ1n) is 11.1. The first kappa shape index (κ1) is 27.2. The third kappa shape index (κ3) is 7.09. The summed E-state index contributed by atoms with van der Waals surface area (Å²) in [7, 11) is 0. The van der Waals surface area contributed by atoms with Gasteiger partial charge in [-0.15, -0.1) is 0 Å². The number of aliphatic hydroxyl groups is 4. The molecule has 4 atom stereocenters. The third-order valence-electron chi connectivity index (χ3n) is 6.05. The van der Waals surface area contributed by atoms with Crippen molar-refractivity contribution in [3.05, 3.63) is 0 Å². The Bertz CT molecular complexity index is 462. The van der Waals surface area contributed by atoms with E-state index in [0.29, 0.717) is 12.3 Å². The third-order valence-corrected chi connectivity index (χ3v) is 16.9. The SMILES string of the molecule is CCCCCCCCP1(=S)C(O)C(O)P(=S)(CCCCCCCC)C(O)C1O. The van der Waals surface area contributed by atoms with Crippen molar-refractivity contribution in [1.29, 1.82) is 0 Å². The molecule has 1 aliphatic rings. The van der Waals surface area contributed by atoms with Gasteiger partial charge in [-0.2, -0.15) is 0 Å². The summed E-state index contributed by atoms with van der Waals surface area (Å²) < 4.78 is 0. The Hall–Kier alpha value is 1.14. The lowest BCUT2D eigenvalue weighted by Crippen LogP contribution is -2.45. The van der Waals surface area contributed by atoms with Gasteiger partial charge in [-0.3, -0.25) is 0 Å². The number of unbranched alkanes of at least 4 members (excludes halogenated alkanes) is 10. The molecular weight excluding hydrogens is 430 g/mol. The molecule has 4 nitrogen and oxygen atoms in total. The van der Waals surface area contributed by atoms with Crippen molar-refractivity contribution in [2.24, 2.45) is 0 Å². The molecule has 0 amide bonds. The van der Waals surface area contributed by atoms with E-state index in [1.807, 2.05) is 0 Å². The summed E-state index contributed by atoms with van der Waals surface area (Å²) in [6, 6.07) is -5.38. The van der Waals surface area contributed by atoms with Crippen LogP contribution in [0.1, 0.15) is 90.9 Å². The highest BCUT2D eigenvalue weighted by atomic mass is 32.4. The second-order valence-electron chi connectivity index (χ2n) is 8.35. The zero-order chi connectivity index (χ0) is 21.2. The second-order valence-corrected chi connectivity index (χ2v) is 18.9. The van der Waals surface area contributed by atoms with Crippen molar-refractivity contribution in [2.45, 2.75) is 114 Å². The molecule has 28 heavy (non-hydrogen) atoms. The average Bonchev–Trinajstić information content (AvgIpc) is 2.69. The molecule has 0 saturated carbocycles. The molecule has 1 saturated heterocycles. The van der Waals surface area contributed by atoms with Crippen LogP contribution in [0, 0.1) is 0 Å². The van der Waals surface area contributed by atoms with Crippen molar-refractivity contribution >= 4 is 35.7 Å². The van der Waals surface area contributed by atoms with Crippen LogP contribution in [0.15, 0.2) is 0 Å². The highest BCUT2D eigenvalue weighted by molar-refractivity contribution is 8.19. The van der Waals surface area contributed by atoms with Crippen molar-refractivity contribution in [3.8, 4) is 0 Å². The molecule has 0 aromatic carbocycles. The Kier molecular flexibility index (Phi) is 13.1. The molecule has 168 valence electrons. The molecule has 4 unspecified atom stereocenters. The fourth-order valence-electron chi connectivity index (χ4n) is 4.02. The van der Waals surface area contributed by atoms with Crippen LogP contribution < -0.4 is 0 Å². The fourth-order valence-corrected chi connectivity index (χ4v) is 15.0. The standard InChI is InChI=1S/C20H42O4P2S2/c1-3-5-7-9-11-13-15-25(27)17(21)19(23)26(28,20(24)18(25)22)16-14-12-10-8-6-4-2/h17-24H,3-16H2,1-2H3. The molecule has 4 N–H and O–H groups in total. The molecule has 1 aliphatic heterocycles. The van der Waals surface area contributed by atoms with Gasteiger partial charge >= 0.3 is 0 Å². The van der Waals surface area contributed by atoms with Crippen molar-refractivity contribution in [2.75, 3.05) is 12.3 Å².